The van der Waals surface area contributed by atoms with Gasteiger partial charge in [0.2, 0.25) is 17.7 Å². The lowest BCUT2D eigenvalue weighted by Gasteiger charge is -2.08. The molecule has 0 heterocycles. The third kappa shape index (κ3) is 21.0. The molecule has 3 amide bonds. The van der Waals surface area contributed by atoms with Gasteiger partial charge in [-0.15, -0.1) is 0 Å². The average Bonchev–Trinajstić information content (AvgIpc) is 3.47. The largest absolute Gasteiger partial charge is 0.392 e. The third-order valence-electron chi connectivity index (χ3n) is 3.98. The maximum Gasteiger partial charge on any atom is 0.222 e. The fourth-order valence-electron chi connectivity index (χ4n) is 1.68. The van der Waals surface area contributed by atoms with Gasteiger partial charge in [0, 0.05) is 37.4 Å². The molecule has 0 radical (unpaired) electrons. The molecule has 0 aromatic heterocycles. The Hall–Kier alpha value is -1.67. The summed E-state index contributed by atoms with van der Waals surface area (Å²) in [6, 6.07) is 0. The van der Waals surface area contributed by atoms with Gasteiger partial charge in [0.1, 0.15) is 0 Å². The minimum atomic E-state index is -0.456. The lowest BCUT2D eigenvalue weighted by Crippen LogP contribution is -2.33. The summed E-state index contributed by atoms with van der Waals surface area (Å²) in [6.45, 7) is 16.0. The van der Waals surface area contributed by atoms with Crippen LogP contribution in [-0.4, -0.2) is 59.8 Å². The van der Waals surface area contributed by atoms with Gasteiger partial charge in [0.15, 0.2) is 0 Å². The fraction of sp³-hybridized carbons (Fsp3) is 0.864. The number of aliphatic hydroxyl groups is 2. The van der Waals surface area contributed by atoms with Crippen molar-refractivity contribution in [1.29, 1.82) is 0 Å². The summed E-state index contributed by atoms with van der Waals surface area (Å²) >= 11 is 0. The molecule has 0 saturated heterocycles. The van der Waals surface area contributed by atoms with Gasteiger partial charge in [0.25, 0.3) is 0 Å². The number of hydrogen-bond donors (Lipinski definition) is 5. The van der Waals surface area contributed by atoms with E-state index in [1.165, 1.54) is 12.8 Å². The molecule has 8 heteroatoms. The van der Waals surface area contributed by atoms with E-state index in [0.29, 0.717) is 13.1 Å². The summed E-state index contributed by atoms with van der Waals surface area (Å²) < 4.78 is 0. The Morgan fingerprint density at radius 2 is 0.967 bits per heavy atom. The Morgan fingerprint density at radius 3 is 1.20 bits per heavy atom. The van der Waals surface area contributed by atoms with Crippen LogP contribution in [0.5, 0.6) is 0 Å². The van der Waals surface area contributed by atoms with Gasteiger partial charge in [-0.25, -0.2) is 0 Å². The van der Waals surface area contributed by atoms with E-state index in [1.54, 1.807) is 13.8 Å². The third-order valence-corrected chi connectivity index (χ3v) is 3.98. The van der Waals surface area contributed by atoms with E-state index < -0.39 is 12.2 Å². The Bertz CT molecular complexity index is 429. The molecule has 1 rings (SSSR count). The summed E-state index contributed by atoms with van der Waals surface area (Å²) in [4.78, 5) is 32.6. The Kier molecular flexibility index (Phi) is 17.4. The molecule has 2 atom stereocenters. The van der Waals surface area contributed by atoms with Gasteiger partial charge < -0.3 is 26.2 Å². The maximum atomic E-state index is 11.0. The monoisotopic (exact) mass is 431 g/mol. The molecular formula is C22H45N3O5. The Morgan fingerprint density at radius 1 is 0.667 bits per heavy atom. The lowest BCUT2D eigenvalue weighted by molar-refractivity contribution is -0.125. The van der Waals surface area contributed by atoms with Gasteiger partial charge in [-0.1, -0.05) is 41.5 Å². The average molecular weight is 432 g/mol. The molecule has 1 fully saturated rings. The van der Waals surface area contributed by atoms with Crippen molar-refractivity contribution >= 4 is 17.7 Å². The number of aliphatic hydroxyl groups excluding tert-OH is 2. The number of carbonyl (C=O) groups excluding carboxylic acids is 3. The smallest absolute Gasteiger partial charge is 0.222 e. The van der Waals surface area contributed by atoms with Crippen molar-refractivity contribution in [2.75, 3.05) is 19.6 Å². The Labute approximate surface area is 182 Å². The van der Waals surface area contributed by atoms with Gasteiger partial charge >= 0.3 is 0 Å². The van der Waals surface area contributed by atoms with E-state index in [4.69, 9.17) is 10.2 Å². The molecule has 0 aromatic carbocycles. The second-order valence-electron chi connectivity index (χ2n) is 8.84. The molecule has 30 heavy (non-hydrogen) atoms. The molecule has 0 aromatic rings. The number of carbonyl (C=O) groups is 3. The molecule has 1 saturated carbocycles. The molecule has 0 aliphatic heterocycles. The zero-order chi connectivity index (χ0) is 23.9. The topological polar surface area (TPSA) is 128 Å². The predicted octanol–water partition coefficient (Wildman–Crippen LogP) is 1.45. The van der Waals surface area contributed by atoms with Gasteiger partial charge in [-0.2, -0.15) is 0 Å². The van der Waals surface area contributed by atoms with E-state index in [0.717, 1.165) is 12.5 Å². The van der Waals surface area contributed by atoms with Crippen molar-refractivity contribution in [3.8, 4) is 0 Å². The molecule has 1 aliphatic rings. The molecule has 0 bridgehead atoms. The van der Waals surface area contributed by atoms with Crippen molar-refractivity contribution in [2.45, 2.75) is 80.4 Å². The normalized spacial score (nSPS) is 14.7. The first-order valence-electron chi connectivity index (χ1n) is 11.0. The molecule has 0 unspecified atom stereocenters. The van der Waals surface area contributed by atoms with Crippen LogP contribution in [0.25, 0.3) is 0 Å². The summed E-state index contributed by atoms with van der Waals surface area (Å²) in [5.74, 6) is 1.09. The van der Waals surface area contributed by atoms with Crippen LogP contribution in [-0.2, 0) is 14.4 Å². The van der Waals surface area contributed by atoms with Crippen molar-refractivity contribution in [2.24, 2.45) is 23.7 Å². The molecule has 8 nitrogen and oxygen atoms in total. The second-order valence-corrected chi connectivity index (χ2v) is 8.84. The highest BCUT2D eigenvalue weighted by Gasteiger charge is 2.21. The van der Waals surface area contributed by atoms with Crippen molar-refractivity contribution in [3.63, 3.8) is 0 Å². The highest BCUT2D eigenvalue weighted by Crippen LogP contribution is 2.27. The van der Waals surface area contributed by atoms with E-state index >= 15 is 0 Å². The minimum Gasteiger partial charge on any atom is -0.392 e. The first kappa shape index (κ1) is 30.5. The van der Waals surface area contributed by atoms with Crippen LogP contribution in [0.15, 0.2) is 0 Å². The lowest BCUT2D eigenvalue weighted by atomic mass is 10.2. The SMILES string of the molecule is CC(C)C(=O)NCC1CC1.CC(C)C(=O)NC[C@@H](C)O.CC(C)C(=O)NC[C@H](C)O. The molecular weight excluding hydrogens is 386 g/mol. The van der Waals surface area contributed by atoms with E-state index in [2.05, 4.69) is 16.0 Å². The zero-order valence-electron chi connectivity index (χ0n) is 20.1. The maximum absolute atomic E-state index is 11.0. The summed E-state index contributed by atoms with van der Waals surface area (Å²) in [7, 11) is 0. The summed E-state index contributed by atoms with van der Waals surface area (Å²) in [5, 5.41) is 25.6. The number of hydrogen-bond acceptors (Lipinski definition) is 5. The van der Waals surface area contributed by atoms with Crippen LogP contribution >= 0.6 is 0 Å². The molecule has 0 spiro atoms. The minimum absolute atomic E-state index is 0.00116. The zero-order valence-corrected chi connectivity index (χ0v) is 20.1. The summed E-state index contributed by atoms with van der Waals surface area (Å²) in [5.41, 5.74) is 0. The second kappa shape index (κ2) is 17.1. The first-order valence-corrected chi connectivity index (χ1v) is 11.0. The quantitative estimate of drug-likeness (QED) is 0.377. The van der Waals surface area contributed by atoms with E-state index in [-0.39, 0.29) is 35.5 Å². The number of nitrogens with one attached hydrogen (secondary N) is 3. The van der Waals surface area contributed by atoms with Crippen molar-refractivity contribution in [3.05, 3.63) is 0 Å². The van der Waals surface area contributed by atoms with Gasteiger partial charge in [-0.05, 0) is 32.6 Å². The van der Waals surface area contributed by atoms with Crippen LogP contribution in [0, 0.1) is 23.7 Å². The highest BCUT2D eigenvalue weighted by molar-refractivity contribution is 5.78. The number of rotatable bonds is 9. The molecule has 1 aliphatic carbocycles. The van der Waals surface area contributed by atoms with Crippen LogP contribution in [0.1, 0.15) is 68.2 Å². The fourth-order valence-corrected chi connectivity index (χ4v) is 1.68. The summed E-state index contributed by atoms with van der Waals surface area (Å²) in [6.07, 6.45) is 1.70. The van der Waals surface area contributed by atoms with Crippen molar-refractivity contribution < 1.29 is 24.6 Å². The highest BCUT2D eigenvalue weighted by atomic mass is 16.3. The predicted molar refractivity (Wildman–Crippen MR) is 120 cm³/mol. The first-order chi connectivity index (χ1) is 13.8. The molecule has 178 valence electrons. The van der Waals surface area contributed by atoms with Gasteiger partial charge in [-0.3, -0.25) is 14.4 Å². The molecule has 5 N–H and O–H groups in total. The standard InChI is InChI=1S/C8H15NO.2C7H15NO2/c1-6(2)8(10)9-5-7-3-4-7;2*1-5(2)7(10)8-4-6(3)9/h6-7H,3-5H2,1-2H3,(H,9,10);2*5-6,9H,4H2,1-3H3,(H,8,10)/t;2*6-/m.10/s1. The van der Waals surface area contributed by atoms with E-state index in [1.807, 2.05) is 41.5 Å². The number of amides is 3. The van der Waals surface area contributed by atoms with E-state index in [9.17, 15) is 14.4 Å². The van der Waals surface area contributed by atoms with Crippen LogP contribution in [0.2, 0.25) is 0 Å². The van der Waals surface area contributed by atoms with Gasteiger partial charge in [0.05, 0.1) is 12.2 Å². The van der Waals surface area contributed by atoms with Crippen LogP contribution in [0.3, 0.4) is 0 Å². The van der Waals surface area contributed by atoms with Crippen LogP contribution in [0.4, 0.5) is 0 Å². The van der Waals surface area contributed by atoms with Crippen LogP contribution < -0.4 is 16.0 Å². The Balaban J connectivity index is 0. The van der Waals surface area contributed by atoms with Crippen molar-refractivity contribution in [1.82, 2.24) is 16.0 Å².